The van der Waals surface area contributed by atoms with Gasteiger partial charge in [-0.2, -0.15) is 0 Å². The van der Waals surface area contributed by atoms with Gasteiger partial charge < -0.3 is 33.9 Å². The molecule has 2 bridgehead atoms. The van der Waals surface area contributed by atoms with Crippen LogP contribution in [0.25, 0.3) is 10.9 Å². The van der Waals surface area contributed by atoms with Crippen LogP contribution in [-0.4, -0.2) is 122 Å². The predicted octanol–water partition coefficient (Wildman–Crippen LogP) is 5.08. The number of alkyl halides is 2. The van der Waals surface area contributed by atoms with Gasteiger partial charge in [0.15, 0.2) is 6.10 Å². The fraction of sp³-hybridized carbons (Fsp3) is 0.578. The van der Waals surface area contributed by atoms with E-state index in [0.29, 0.717) is 61.7 Å². The Morgan fingerprint density at radius 3 is 2.46 bits per heavy atom. The maximum absolute atomic E-state index is 15.3. The molecule has 12 nitrogen and oxygen atoms in total. The zero-order valence-corrected chi connectivity index (χ0v) is 34.8. The first-order valence-electron chi connectivity index (χ1n) is 20.7. The number of rotatable bonds is 7. The maximum atomic E-state index is 15.3. The Bertz CT molecular complexity index is 2270. The summed E-state index contributed by atoms with van der Waals surface area (Å²) in [5, 5.41) is 14.2. The Hall–Kier alpha value is -4.53. The number of hydrogen-bond acceptors (Lipinski definition) is 11. The van der Waals surface area contributed by atoms with E-state index in [4.69, 9.17) is 18.9 Å². The van der Waals surface area contributed by atoms with Gasteiger partial charge in [0.2, 0.25) is 11.5 Å². The lowest BCUT2D eigenvalue weighted by Gasteiger charge is -2.63. The van der Waals surface area contributed by atoms with Crippen LogP contribution in [0.1, 0.15) is 68.8 Å². The van der Waals surface area contributed by atoms with Gasteiger partial charge >= 0.3 is 17.9 Å². The van der Waals surface area contributed by atoms with E-state index in [1.54, 1.807) is 0 Å². The molecular formula is C45H54F2N4O8. The van der Waals surface area contributed by atoms with Gasteiger partial charge in [-0.25, -0.2) is 13.6 Å². The molecule has 1 saturated carbocycles. The number of methoxy groups -OCH3 is 3. The average molecular weight is 817 g/mol. The first kappa shape index (κ1) is 39.9. The van der Waals surface area contributed by atoms with Gasteiger partial charge in [0.1, 0.15) is 11.2 Å². The van der Waals surface area contributed by atoms with Gasteiger partial charge in [0.05, 0.1) is 27.4 Å². The number of halogens is 2. The number of anilines is 1. The quantitative estimate of drug-likeness (QED) is 0.188. The van der Waals surface area contributed by atoms with Crippen molar-refractivity contribution in [1.82, 2.24) is 14.8 Å². The van der Waals surface area contributed by atoms with Crippen molar-refractivity contribution in [2.75, 3.05) is 59.5 Å². The third kappa shape index (κ3) is 5.17. The normalized spacial score (nSPS) is 35.8. The Labute approximate surface area is 342 Å². The van der Waals surface area contributed by atoms with E-state index < -0.39 is 63.7 Å². The Balaban J connectivity index is 1.35. The molecule has 316 valence electrons. The average Bonchev–Trinajstić information content (AvgIpc) is 3.86. The van der Waals surface area contributed by atoms with Crippen LogP contribution in [0.2, 0.25) is 0 Å². The number of nitrogens with one attached hydrogen (secondary N) is 1. The van der Waals surface area contributed by atoms with Gasteiger partial charge in [-0.15, -0.1) is 0 Å². The summed E-state index contributed by atoms with van der Waals surface area (Å²) < 4.78 is 54.3. The number of hydrogen-bond donors (Lipinski definition) is 2. The van der Waals surface area contributed by atoms with Crippen molar-refractivity contribution in [2.24, 2.45) is 17.3 Å². The monoisotopic (exact) mass is 816 g/mol. The summed E-state index contributed by atoms with van der Waals surface area (Å²) in [5.74, 6) is -5.92. The highest BCUT2D eigenvalue weighted by Gasteiger charge is 2.80. The van der Waals surface area contributed by atoms with E-state index in [9.17, 15) is 14.7 Å². The Kier molecular flexibility index (Phi) is 9.12. The number of ether oxygens (including phenoxy) is 4. The summed E-state index contributed by atoms with van der Waals surface area (Å²) >= 11 is 0. The third-order valence-electron chi connectivity index (χ3n) is 15.3. The van der Waals surface area contributed by atoms with Crippen molar-refractivity contribution >= 4 is 34.5 Å². The number of carbonyl (C=O) groups is 3. The predicted molar refractivity (Wildman–Crippen MR) is 214 cm³/mol. The maximum Gasteiger partial charge on any atom is 0.344 e. The Morgan fingerprint density at radius 2 is 1.78 bits per heavy atom. The molecule has 0 amide bonds. The first-order chi connectivity index (χ1) is 28.1. The lowest BCUT2D eigenvalue weighted by molar-refractivity contribution is -0.228. The number of fused-ring (bicyclic) bond motifs is 6. The molecule has 3 fully saturated rings. The zero-order valence-electron chi connectivity index (χ0n) is 34.8. The van der Waals surface area contributed by atoms with Crippen LogP contribution < -0.4 is 9.64 Å². The largest absolute Gasteiger partial charge is 0.496 e. The highest BCUT2D eigenvalue weighted by Crippen LogP contribution is 2.68. The van der Waals surface area contributed by atoms with Crippen molar-refractivity contribution in [3.63, 3.8) is 0 Å². The molecule has 6 aliphatic rings. The van der Waals surface area contributed by atoms with Crippen molar-refractivity contribution < 1.29 is 47.2 Å². The molecule has 3 aromatic rings. The van der Waals surface area contributed by atoms with Crippen LogP contribution in [0.3, 0.4) is 0 Å². The molecule has 1 aromatic heterocycles. The number of H-pyrrole nitrogens is 1. The molecule has 59 heavy (non-hydrogen) atoms. The summed E-state index contributed by atoms with van der Waals surface area (Å²) in [6.07, 6.45) is 4.04. The highest BCUT2D eigenvalue weighted by atomic mass is 19.3. The molecule has 2 saturated heterocycles. The summed E-state index contributed by atoms with van der Waals surface area (Å²) in [6, 6.07) is 10.3. The SMILES string of the molecule is CC[C@]12C=CCN3CC[C@]4(c5cc([C@]6(C(=O)OC)C[C@H]7C[C@H](C(C)(F)F)CN(Cc8c6[nH]c6ccccc86)C7)c(OC)cc5N(C)[C@@H]4[C@](O)(C(=O)OC)[C@@H]1OC(C)=O)[C@@H]32. The minimum atomic E-state index is -2.94. The second-order valence-corrected chi connectivity index (χ2v) is 18.0. The molecule has 2 N–H and O–H groups in total. The topological polar surface area (TPSA) is 134 Å². The highest BCUT2D eigenvalue weighted by molar-refractivity contribution is 5.95. The first-order valence-corrected chi connectivity index (χ1v) is 20.7. The second-order valence-electron chi connectivity index (χ2n) is 18.0. The zero-order chi connectivity index (χ0) is 42.0. The van der Waals surface area contributed by atoms with Crippen LogP contribution in [0.15, 0.2) is 48.6 Å². The van der Waals surface area contributed by atoms with Crippen molar-refractivity contribution in [1.29, 1.82) is 0 Å². The van der Waals surface area contributed by atoms with E-state index in [1.807, 2.05) is 67.4 Å². The van der Waals surface area contributed by atoms with E-state index in [-0.39, 0.29) is 31.3 Å². The molecule has 2 aromatic carbocycles. The number of benzene rings is 2. The molecule has 10 atom stereocenters. The van der Waals surface area contributed by atoms with E-state index in [1.165, 1.54) is 28.3 Å². The molecule has 0 radical (unpaired) electrons. The molecule has 5 aliphatic heterocycles. The number of esters is 3. The molecule has 6 heterocycles. The summed E-state index contributed by atoms with van der Waals surface area (Å²) in [7, 11) is 5.94. The van der Waals surface area contributed by atoms with Crippen LogP contribution in [0.5, 0.6) is 5.75 Å². The van der Waals surface area contributed by atoms with Gasteiger partial charge in [0.25, 0.3) is 0 Å². The van der Waals surface area contributed by atoms with Gasteiger partial charge in [-0.05, 0) is 68.3 Å². The number of nitrogens with zero attached hydrogens (tertiary/aromatic N) is 3. The van der Waals surface area contributed by atoms with Gasteiger partial charge in [0, 0.05) is 96.9 Å². The number of piperidine rings is 1. The van der Waals surface area contributed by atoms with E-state index in [2.05, 4.69) is 14.8 Å². The van der Waals surface area contributed by atoms with Crippen LogP contribution in [-0.2, 0) is 46.0 Å². The Morgan fingerprint density at radius 1 is 1.03 bits per heavy atom. The number of likely N-dealkylation sites (N-methyl/N-ethyl adjacent to an activating group) is 1. The standard InChI is InChI=1S/C45H54F2N4O8/c1-8-42-14-11-16-51-17-15-43(36(42)51)30-19-31(34(56-5)20-33(30)49(4)37(43)45(55,40(54)58-7)38(42)59-25(2)52)44(39(53)57-6)21-26-18-27(41(3,46)47)23-50(22-26)24-29-28-12-9-10-13-32(28)48-35(29)44/h9-14,19-20,26-27,36-38,48,55H,8,15-18,21-24H2,1-7H3/t26-,27+,36+,37+,38-,42-,43+,44-,45-/m1/s1. The van der Waals surface area contributed by atoms with Crippen LogP contribution in [0, 0.1) is 17.3 Å². The summed E-state index contributed by atoms with van der Waals surface area (Å²) in [6.45, 7) is 6.55. The number of carbonyl (C=O) groups excluding carboxylic acids is 3. The molecule has 1 spiro atoms. The fourth-order valence-electron chi connectivity index (χ4n) is 13.2. The van der Waals surface area contributed by atoms with Crippen LogP contribution in [0.4, 0.5) is 14.5 Å². The number of aromatic nitrogens is 1. The van der Waals surface area contributed by atoms with Gasteiger partial charge in [-0.1, -0.05) is 37.3 Å². The van der Waals surface area contributed by atoms with Crippen molar-refractivity contribution in [2.45, 2.75) is 93.5 Å². The lowest BCUT2D eigenvalue weighted by Crippen LogP contribution is -2.81. The molecule has 9 rings (SSSR count). The minimum Gasteiger partial charge on any atom is -0.496 e. The molecule has 14 heteroatoms. The van der Waals surface area contributed by atoms with Crippen LogP contribution >= 0.6 is 0 Å². The number of aromatic amines is 1. The van der Waals surface area contributed by atoms with E-state index >= 15 is 13.6 Å². The number of para-hydroxylation sites is 1. The van der Waals surface area contributed by atoms with Gasteiger partial charge in [-0.3, -0.25) is 19.4 Å². The lowest BCUT2D eigenvalue weighted by atomic mass is 9.47. The summed E-state index contributed by atoms with van der Waals surface area (Å²) in [4.78, 5) is 52.5. The second kappa shape index (κ2) is 13.5. The molecule has 1 unspecified atom stereocenters. The third-order valence-corrected chi connectivity index (χ3v) is 15.3. The number of aliphatic hydroxyl groups is 1. The minimum absolute atomic E-state index is 0.155. The van der Waals surface area contributed by atoms with Crippen molar-refractivity contribution in [3.05, 3.63) is 70.9 Å². The molecule has 1 aliphatic carbocycles. The van der Waals surface area contributed by atoms with E-state index in [0.717, 1.165) is 29.0 Å². The molecular weight excluding hydrogens is 763 g/mol. The smallest absolute Gasteiger partial charge is 0.344 e. The summed E-state index contributed by atoms with van der Waals surface area (Å²) in [5.41, 5.74) is -1.64. The fourth-order valence-corrected chi connectivity index (χ4v) is 13.2. The van der Waals surface area contributed by atoms with Crippen molar-refractivity contribution in [3.8, 4) is 5.75 Å².